The van der Waals surface area contributed by atoms with Crippen molar-refractivity contribution in [2.75, 3.05) is 11.4 Å². The molecule has 0 aromatic carbocycles. The molecule has 0 amide bonds. The number of aliphatic hydroxyl groups excluding tert-OH is 1. The van der Waals surface area contributed by atoms with E-state index < -0.39 is 5.97 Å². The summed E-state index contributed by atoms with van der Waals surface area (Å²) in [5.74, 6) is 2.73. The van der Waals surface area contributed by atoms with E-state index in [0.29, 0.717) is 41.3 Å². The number of carboxylic acid groups (broad SMARTS) is 1. The van der Waals surface area contributed by atoms with Gasteiger partial charge in [0.05, 0.1) is 11.3 Å². The third-order valence-corrected chi connectivity index (χ3v) is 14.5. The zero-order chi connectivity index (χ0) is 29.8. The quantitative estimate of drug-likeness (QED) is 0.285. The lowest BCUT2D eigenvalue weighted by molar-refractivity contribution is -0.226. The first kappa shape index (κ1) is 28.7. The summed E-state index contributed by atoms with van der Waals surface area (Å²) in [5.41, 5.74) is 1.82. The number of aliphatic hydroxyl groups is 1. The largest absolute Gasteiger partial charge is 0.512 e. The minimum Gasteiger partial charge on any atom is -0.512 e. The Morgan fingerprint density at radius 3 is 2.17 bits per heavy atom. The standard InChI is InChI=1S/C35H51N3O3/c1-21(2)24-11-14-35(22(3)39)16-15-33(7)25(28(24)35)9-10-27-32(6)17-18-38(30-36-19-23(20-37-30)29(40)41)31(4,5)26(32)12-13-34(27,33)8/h19-20,24-28,39H,1,3,9-18H2,2,4-8H3,(H,40,41)/t24-,25+,26-,27+,28+,32-,33+,34+,35+/m0/s1. The summed E-state index contributed by atoms with van der Waals surface area (Å²) in [7, 11) is 0. The van der Waals surface area contributed by atoms with Gasteiger partial charge in [-0.2, -0.15) is 0 Å². The van der Waals surface area contributed by atoms with E-state index in [2.05, 4.69) is 69.6 Å². The number of aromatic carboxylic acids is 1. The van der Waals surface area contributed by atoms with Crippen LogP contribution in [0.4, 0.5) is 5.95 Å². The van der Waals surface area contributed by atoms with Gasteiger partial charge in [0.15, 0.2) is 0 Å². The molecular formula is C35H51N3O3. The van der Waals surface area contributed by atoms with Crippen molar-refractivity contribution in [1.29, 1.82) is 0 Å². The lowest BCUT2D eigenvalue weighted by Crippen LogP contribution is -2.70. The molecule has 5 fully saturated rings. The molecule has 0 radical (unpaired) electrons. The molecule has 4 aliphatic carbocycles. The summed E-state index contributed by atoms with van der Waals surface area (Å²) >= 11 is 0. The molecule has 2 N–H and O–H groups in total. The fourth-order valence-electron chi connectivity index (χ4n) is 12.3. The van der Waals surface area contributed by atoms with E-state index >= 15 is 0 Å². The molecule has 1 aromatic heterocycles. The van der Waals surface area contributed by atoms with Crippen molar-refractivity contribution in [3.05, 3.63) is 42.4 Å². The van der Waals surface area contributed by atoms with Crippen LogP contribution in [0.1, 0.15) is 110 Å². The van der Waals surface area contributed by atoms with Gasteiger partial charge < -0.3 is 15.1 Å². The highest BCUT2D eigenvalue weighted by molar-refractivity contribution is 5.86. The number of allylic oxidation sites excluding steroid dienone is 2. The van der Waals surface area contributed by atoms with Gasteiger partial charge in [0.2, 0.25) is 5.95 Å². The van der Waals surface area contributed by atoms with Crippen LogP contribution in [0.15, 0.2) is 36.9 Å². The average molecular weight is 562 g/mol. The van der Waals surface area contributed by atoms with Gasteiger partial charge in [0, 0.05) is 29.9 Å². The van der Waals surface area contributed by atoms with Crippen LogP contribution in [-0.4, -0.2) is 38.2 Å². The summed E-state index contributed by atoms with van der Waals surface area (Å²) < 4.78 is 0. The van der Waals surface area contributed by atoms with Crippen molar-refractivity contribution in [2.45, 2.75) is 105 Å². The Labute approximate surface area is 246 Å². The highest BCUT2D eigenvalue weighted by atomic mass is 16.4. The van der Waals surface area contributed by atoms with E-state index in [9.17, 15) is 15.0 Å². The Morgan fingerprint density at radius 2 is 1.56 bits per heavy atom. The van der Waals surface area contributed by atoms with E-state index in [4.69, 9.17) is 0 Å². The van der Waals surface area contributed by atoms with Gasteiger partial charge in [-0.1, -0.05) is 39.5 Å². The first-order chi connectivity index (χ1) is 19.1. The molecule has 6 heteroatoms. The van der Waals surface area contributed by atoms with Gasteiger partial charge in [-0.15, -0.1) is 0 Å². The Balaban J connectivity index is 1.34. The molecule has 4 saturated carbocycles. The van der Waals surface area contributed by atoms with E-state index in [0.717, 1.165) is 32.2 Å². The lowest BCUT2D eigenvalue weighted by atomic mass is 9.33. The van der Waals surface area contributed by atoms with E-state index in [1.54, 1.807) is 0 Å². The van der Waals surface area contributed by atoms with Crippen molar-refractivity contribution in [3.8, 4) is 0 Å². The molecule has 6 rings (SSSR count). The fourth-order valence-corrected chi connectivity index (χ4v) is 12.3. The number of nitrogens with zero attached hydrogens (tertiary/aromatic N) is 3. The van der Waals surface area contributed by atoms with Crippen LogP contribution in [0.2, 0.25) is 0 Å². The van der Waals surface area contributed by atoms with Gasteiger partial charge in [0.25, 0.3) is 0 Å². The summed E-state index contributed by atoms with van der Waals surface area (Å²) in [5, 5.41) is 20.4. The molecule has 6 nitrogen and oxygen atoms in total. The first-order valence-corrected chi connectivity index (χ1v) is 16.0. The van der Waals surface area contributed by atoms with E-state index in [1.807, 2.05) is 0 Å². The molecule has 1 aromatic rings. The minimum absolute atomic E-state index is 0.129. The van der Waals surface area contributed by atoms with Crippen LogP contribution < -0.4 is 4.90 Å². The number of hydrogen-bond donors (Lipinski definition) is 2. The second kappa shape index (κ2) is 9.07. The van der Waals surface area contributed by atoms with Crippen molar-refractivity contribution >= 4 is 11.9 Å². The predicted octanol–water partition coefficient (Wildman–Crippen LogP) is 8.07. The molecule has 224 valence electrons. The average Bonchev–Trinajstić information content (AvgIpc) is 3.30. The Hall–Kier alpha value is -2.37. The van der Waals surface area contributed by atoms with E-state index in [1.165, 1.54) is 50.1 Å². The zero-order valence-corrected chi connectivity index (χ0v) is 26.2. The van der Waals surface area contributed by atoms with Crippen LogP contribution >= 0.6 is 0 Å². The number of hydrogen-bond acceptors (Lipinski definition) is 5. The van der Waals surface area contributed by atoms with Gasteiger partial charge in [-0.05, 0) is 124 Å². The second-order valence-corrected chi connectivity index (χ2v) is 15.9. The third kappa shape index (κ3) is 3.64. The summed E-state index contributed by atoms with van der Waals surface area (Å²) in [6.45, 7) is 24.3. The maximum atomic E-state index is 11.4. The summed E-state index contributed by atoms with van der Waals surface area (Å²) in [6.07, 6.45) is 13.3. The van der Waals surface area contributed by atoms with Gasteiger partial charge >= 0.3 is 5.97 Å². The number of aromatic nitrogens is 2. The molecule has 0 unspecified atom stereocenters. The van der Waals surface area contributed by atoms with Gasteiger partial charge in [-0.25, -0.2) is 14.8 Å². The summed E-state index contributed by atoms with van der Waals surface area (Å²) in [4.78, 5) is 22.8. The lowest BCUT2D eigenvalue weighted by Gasteiger charge is -2.73. The number of carbonyl (C=O) groups is 1. The summed E-state index contributed by atoms with van der Waals surface area (Å²) in [6, 6.07) is 0. The molecular weight excluding hydrogens is 510 g/mol. The minimum atomic E-state index is -0.992. The molecule has 0 bridgehead atoms. The Kier molecular flexibility index (Phi) is 6.35. The second-order valence-electron chi connectivity index (χ2n) is 15.9. The number of fused-ring (bicyclic) bond motifs is 7. The van der Waals surface area contributed by atoms with Crippen LogP contribution in [0.25, 0.3) is 0 Å². The molecule has 2 heterocycles. The number of piperidine rings is 1. The van der Waals surface area contributed by atoms with Crippen molar-refractivity contribution in [3.63, 3.8) is 0 Å². The number of anilines is 1. The molecule has 1 aliphatic heterocycles. The smallest absolute Gasteiger partial charge is 0.338 e. The van der Waals surface area contributed by atoms with Crippen LogP contribution in [0, 0.1) is 51.2 Å². The Bertz CT molecular complexity index is 1270. The maximum absolute atomic E-state index is 11.4. The topological polar surface area (TPSA) is 86.5 Å². The van der Waals surface area contributed by atoms with Gasteiger partial charge in [0.1, 0.15) is 0 Å². The van der Waals surface area contributed by atoms with Crippen molar-refractivity contribution in [1.82, 2.24) is 9.97 Å². The molecule has 5 aliphatic rings. The monoisotopic (exact) mass is 561 g/mol. The maximum Gasteiger partial charge on any atom is 0.338 e. The van der Waals surface area contributed by atoms with Crippen molar-refractivity contribution in [2.24, 2.45) is 51.2 Å². The molecule has 9 atom stereocenters. The SMILES string of the molecule is C=C(C)[C@@H]1CC[C@]2(C(=C)O)CC[C@]3(C)[C@H](CC[C@@H]4[C@@]5(C)CCN(c6ncc(C(=O)O)cn6)C(C)(C)[C@@H]5CC[C@]43C)[C@@H]12. The third-order valence-electron chi connectivity index (χ3n) is 14.5. The van der Waals surface area contributed by atoms with Gasteiger partial charge in [-0.3, -0.25) is 0 Å². The van der Waals surface area contributed by atoms with Crippen LogP contribution in [0.3, 0.4) is 0 Å². The van der Waals surface area contributed by atoms with Crippen LogP contribution in [-0.2, 0) is 0 Å². The predicted molar refractivity (Wildman–Crippen MR) is 163 cm³/mol. The zero-order valence-electron chi connectivity index (χ0n) is 26.2. The van der Waals surface area contributed by atoms with Crippen molar-refractivity contribution < 1.29 is 15.0 Å². The normalized spacial score (nSPS) is 44.6. The highest BCUT2D eigenvalue weighted by Gasteiger charge is 2.71. The molecule has 0 spiro atoms. The highest BCUT2D eigenvalue weighted by Crippen LogP contribution is 2.77. The first-order valence-electron chi connectivity index (χ1n) is 16.0. The number of carboxylic acids is 1. The van der Waals surface area contributed by atoms with E-state index in [-0.39, 0.29) is 32.8 Å². The molecule has 1 saturated heterocycles. The number of rotatable bonds is 4. The Morgan fingerprint density at radius 1 is 0.878 bits per heavy atom. The fraction of sp³-hybridized carbons (Fsp3) is 0.743. The molecule has 41 heavy (non-hydrogen) atoms. The van der Waals surface area contributed by atoms with Crippen LogP contribution in [0.5, 0.6) is 0 Å².